The predicted octanol–water partition coefficient (Wildman–Crippen LogP) is 13.0. The van der Waals surface area contributed by atoms with Gasteiger partial charge in [0.05, 0.1) is 0 Å². The van der Waals surface area contributed by atoms with Crippen molar-refractivity contribution in [1.29, 1.82) is 0 Å². The first-order valence-electron chi connectivity index (χ1n) is 42.6. The number of primary amides is 1. The summed E-state index contributed by atoms with van der Waals surface area (Å²) >= 11 is 1.21. The van der Waals surface area contributed by atoms with Gasteiger partial charge in [-0.15, -0.1) is 12.3 Å². The molecule has 0 heterocycles. The van der Waals surface area contributed by atoms with E-state index in [1.165, 1.54) is 179 Å². The Hall–Kier alpha value is -5.22. The largest absolute Gasteiger partial charge is 0.462 e. The molecule has 23 nitrogen and oxygen atoms in total. The van der Waals surface area contributed by atoms with E-state index in [9.17, 15) is 43.2 Å². The summed E-state index contributed by atoms with van der Waals surface area (Å²) in [6, 6.07) is -7.91. The first-order valence-corrected chi connectivity index (χ1v) is 43.7. The number of terminal acetylenes is 1. The fourth-order valence-electron chi connectivity index (χ4n) is 12.8. The fourth-order valence-corrected chi connectivity index (χ4v) is 13.9. The lowest BCUT2D eigenvalue weighted by atomic mass is 10.0. The highest BCUT2D eigenvalue weighted by molar-refractivity contribution is 7.99. The summed E-state index contributed by atoms with van der Waals surface area (Å²) in [4.78, 5) is 125. The molecule has 0 aliphatic carbocycles. The van der Waals surface area contributed by atoms with Crippen LogP contribution in [0.5, 0.6) is 0 Å². The molecule has 0 saturated carbocycles. The van der Waals surface area contributed by atoms with Gasteiger partial charge in [0.15, 0.2) is 0 Å². The fraction of sp³-hybridized carbons (Fsp3) is 0.866. The first kappa shape index (κ1) is 101. The van der Waals surface area contributed by atoms with E-state index in [0.717, 1.165) is 64.2 Å². The third-order valence-electron chi connectivity index (χ3n) is 19.5. The lowest BCUT2D eigenvalue weighted by Crippen LogP contribution is -2.60. The maximum Gasteiger partial charge on any atom is 0.315 e. The molecular weight excluding hydrogens is 1360 g/mol. The second-order valence-corrected chi connectivity index (χ2v) is 30.5. The van der Waals surface area contributed by atoms with Crippen molar-refractivity contribution >= 4 is 65.2 Å². The van der Waals surface area contributed by atoms with Crippen LogP contribution >= 0.6 is 11.8 Å². The highest BCUT2D eigenvalue weighted by Gasteiger charge is 2.34. The molecule has 7 atom stereocenters. The van der Waals surface area contributed by atoms with E-state index in [2.05, 4.69) is 63.9 Å². The van der Waals surface area contributed by atoms with Gasteiger partial charge in [0.2, 0.25) is 35.4 Å². The monoisotopic (exact) mass is 1520 g/mol. The van der Waals surface area contributed by atoms with Crippen LogP contribution in [0, 0.1) is 12.3 Å². The summed E-state index contributed by atoms with van der Waals surface area (Å²) < 4.78 is 11.8. The predicted molar refractivity (Wildman–Crippen MR) is 434 cm³/mol. The Bertz CT molecular complexity index is 2270. The Balaban J connectivity index is 6.71. The molecular formula is C82H156N12O11S. The van der Waals surface area contributed by atoms with Crippen LogP contribution in [0.3, 0.4) is 0 Å². The quantitative estimate of drug-likeness (QED) is 0.0153. The second-order valence-electron chi connectivity index (χ2n) is 29.4. The number of hydrogen-bond donors (Lipinski definition) is 12. The van der Waals surface area contributed by atoms with E-state index in [4.69, 9.17) is 44.6 Å². The number of carbonyl (C=O) groups is 9. The van der Waals surface area contributed by atoms with Crippen LogP contribution in [0.2, 0.25) is 0 Å². The number of hydrogen-bond acceptors (Lipinski definition) is 16. The van der Waals surface area contributed by atoms with E-state index in [-0.39, 0.29) is 75.6 Å². The van der Waals surface area contributed by atoms with Crippen molar-refractivity contribution in [3.63, 3.8) is 0 Å². The summed E-state index contributed by atoms with van der Waals surface area (Å²) in [6.07, 6.45) is 53.9. The number of ether oxygens (including phenoxy) is 2. The molecule has 0 aliphatic rings. The maximum atomic E-state index is 14.7. The van der Waals surface area contributed by atoms with Gasteiger partial charge >= 0.3 is 18.0 Å². The second kappa shape index (κ2) is 73.9. The van der Waals surface area contributed by atoms with Crippen molar-refractivity contribution in [2.24, 2.45) is 28.7 Å². The Kier molecular flexibility index (Phi) is 70.3. The minimum atomic E-state index is -1.41. The van der Waals surface area contributed by atoms with Crippen LogP contribution in [0.4, 0.5) is 4.79 Å². The van der Waals surface area contributed by atoms with Gasteiger partial charge in [0.25, 0.3) is 0 Å². The number of nitrogens with one attached hydrogen (secondary N) is 7. The van der Waals surface area contributed by atoms with Crippen molar-refractivity contribution in [2.45, 2.75) is 403 Å². The van der Waals surface area contributed by atoms with Crippen LogP contribution in [-0.2, 0) is 47.8 Å². The SMILES string of the molecule is C#CC[C@H](NC(=O)[C@H](CSCC(COC(=O)CCCCCCCCCCCCCCC)OC(=O)CCCCCCCCCCCCCCC)NC(=O)NCCCCCCCCCCCCCC)C(=O)N[C@@H](CCCCN)C(=O)N[C@@H](CCCCN)C(=O)N[C@@H](CCCCN)C(=O)N[C@@H](CCCCN)C(N)=O. The number of carbonyl (C=O) groups excluding carboxylic acids is 9. The van der Waals surface area contributed by atoms with Crippen LogP contribution in [0.25, 0.3) is 0 Å². The molecule has 0 rings (SSSR count). The Labute approximate surface area is 647 Å². The van der Waals surface area contributed by atoms with Crippen LogP contribution < -0.4 is 65.9 Å². The van der Waals surface area contributed by atoms with Gasteiger partial charge in [-0.2, -0.15) is 11.8 Å². The van der Waals surface area contributed by atoms with Gasteiger partial charge in [0.1, 0.15) is 49.0 Å². The molecule has 0 radical (unpaired) electrons. The number of thioether (sulfide) groups is 1. The van der Waals surface area contributed by atoms with Crippen molar-refractivity contribution in [2.75, 3.05) is 50.8 Å². The average molecular weight is 1520 g/mol. The molecule has 0 saturated heterocycles. The van der Waals surface area contributed by atoms with Gasteiger partial charge < -0.3 is 75.4 Å². The zero-order valence-electron chi connectivity index (χ0n) is 67.0. The zero-order chi connectivity index (χ0) is 78.1. The molecule has 17 N–H and O–H groups in total. The molecule has 0 aliphatic heterocycles. The van der Waals surface area contributed by atoms with Crippen molar-refractivity contribution in [3.05, 3.63) is 0 Å². The minimum Gasteiger partial charge on any atom is -0.462 e. The molecule has 0 fully saturated rings. The van der Waals surface area contributed by atoms with E-state index >= 15 is 0 Å². The van der Waals surface area contributed by atoms with E-state index in [1.807, 2.05) is 0 Å². The van der Waals surface area contributed by atoms with Gasteiger partial charge in [-0.1, -0.05) is 245 Å². The molecule has 0 aromatic rings. The molecule has 0 bridgehead atoms. The molecule has 24 heteroatoms. The van der Waals surface area contributed by atoms with E-state index in [1.54, 1.807) is 0 Å². The van der Waals surface area contributed by atoms with E-state index in [0.29, 0.717) is 90.4 Å². The van der Waals surface area contributed by atoms with Gasteiger partial charge in [-0.05, 0) is 122 Å². The number of unbranched alkanes of at least 4 members (excludes halogenated alkanes) is 39. The third kappa shape index (κ3) is 59.7. The highest BCUT2D eigenvalue weighted by atomic mass is 32.2. The van der Waals surface area contributed by atoms with Gasteiger partial charge in [-0.3, -0.25) is 38.4 Å². The average Bonchev–Trinajstić information content (AvgIpc) is 0.865. The number of nitrogens with two attached hydrogens (primary N) is 5. The Morgan fingerprint density at radius 3 is 1.00 bits per heavy atom. The summed E-state index contributed by atoms with van der Waals surface area (Å²) in [7, 11) is 0. The Morgan fingerprint density at radius 2 is 0.651 bits per heavy atom. The molecule has 8 amide bonds. The maximum absolute atomic E-state index is 14.7. The summed E-state index contributed by atoms with van der Waals surface area (Å²) in [5.41, 5.74) is 28.9. The topological polar surface area (TPSA) is 386 Å². The third-order valence-corrected chi connectivity index (χ3v) is 20.7. The highest BCUT2D eigenvalue weighted by Crippen LogP contribution is 2.19. The standard InChI is InChI=1S/C82H156N12O11S/c1-5-9-12-15-18-21-24-27-29-32-35-38-41-57-74(95)104-64-67(105-75(96)58-42-39-36-33-30-28-25-22-19-16-13-10-6-2)65-106-66-73(94-82(103)88-63-51-40-37-34-31-26-23-20-17-14-11-7-3)81(102)90-69(52-8-4)77(98)91-71(55-45-49-61-85)79(100)93-72(56-46-50-62-86)80(101)92-70(54-44-48-60-84)78(99)89-68(76(87)97)53-43-47-59-83/h4,67-73H,5-7,9-66,83-86H2,1-3H3,(H2,87,97)(H,89,99)(H,90,102)(H,91,98)(H,92,101)(H,93,100)(H2,88,94,103)/t67?,68-,69-,70-,71-,72-,73-/m0/s1. The molecule has 616 valence electrons. The molecule has 0 aromatic heterocycles. The van der Waals surface area contributed by atoms with E-state index < -0.39 is 89.8 Å². The first-order chi connectivity index (χ1) is 51.5. The summed E-state index contributed by atoms with van der Waals surface area (Å²) in [5.74, 6) is -2.65. The van der Waals surface area contributed by atoms with Crippen LogP contribution in [0.15, 0.2) is 0 Å². The zero-order valence-corrected chi connectivity index (χ0v) is 67.9. The molecule has 0 aromatic carbocycles. The van der Waals surface area contributed by atoms with Gasteiger partial charge in [-0.25, -0.2) is 4.79 Å². The van der Waals surface area contributed by atoms with Gasteiger partial charge in [0, 0.05) is 37.3 Å². The summed E-state index contributed by atoms with van der Waals surface area (Å²) in [6.45, 7) is 8.18. The van der Waals surface area contributed by atoms with Crippen molar-refractivity contribution in [1.82, 2.24) is 37.2 Å². The number of rotatable bonds is 77. The van der Waals surface area contributed by atoms with Crippen molar-refractivity contribution < 1.29 is 52.6 Å². The lowest BCUT2D eigenvalue weighted by Gasteiger charge is -2.27. The number of urea groups is 1. The molecule has 0 spiro atoms. The van der Waals surface area contributed by atoms with Crippen LogP contribution in [-0.4, -0.2) is 147 Å². The lowest BCUT2D eigenvalue weighted by molar-refractivity contribution is -0.157. The van der Waals surface area contributed by atoms with Crippen molar-refractivity contribution in [3.8, 4) is 12.3 Å². The number of amides is 8. The summed E-state index contributed by atoms with van der Waals surface area (Å²) in [5, 5.41) is 19.5. The minimum absolute atomic E-state index is 0.0597. The Morgan fingerprint density at radius 1 is 0.349 bits per heavy atom. The van der Waals surface area contributed by atoms with Crippen LogP contribution in [0.1, 0.15) is 361 Å². The normalized spacial score (nSPS) is 13.2. The molecule has 1 unspecified atom stereocenters. The molecule has 106 heavy (non-hydrogen) atoms. The smallest absolute Gasteiger partial charge is 0.315 e. The number of esters is 2.